The number of carbonyl (C=O) groups is 2. The lowest BCUT2D eigenvalue weighted by molar-refractivity contribution is -0.139. The fraction of sp³-hybridized carbons (Fsp3) is 0.543. The van der Waals surface area contributed by atoms with Crippen LogP contribution in [0, 0.1) is 13.8 Å². The molecule has 2 aromatic rings. The zero-order chi connectivity index (χ0) is 28.0. The van der Waals surface area contributed by atoms with Crippen LogP contribution in [-0.4, -0.2) is 28.2 Å². The second-order valence-electron chi connectivity index (χ2n) is 11.4. The average Bonchev–Trinajstić information content (AvgIpc) is 3.18. The Hall–Kier alpha value is -2.88. The summed E-state index contributed by atoms with van der Waals surface area (Å²) in [4.78, 5) is 28.0. The van der Waals surface area contributed by atoms with E-state index in [1.54, 1.807) is 17.0 Å². The number of likely N-dealkylation sites (tertiary alicyclic amines) is 1. The van der Waals surface area contributed by atoms with Crippen LogP contribution < -0.4 is 0 Å². The Kier molecular flexibility index (Phi) is 12.8. The van der Waals surface area contributed by atoms with E-state index in [0.717, 1.165) is 36.0 Å². The quantitative estimate of drug-likeness (QED) is 0.0958. The summed E-state index contributed by atoms with van der Waals surface area (Å²) in [5, 5.41) is 11.2. The number of amides is 1. The van der Waals surface area contributed by atoms with Crippen molar-refractivity contribution in [1.82, 2.24) is 4.90 Å². The summed E-state index contributed by atoms with van der Waals surface area (Å²) in [7, 11) is 0. The fourth-order valence-electron chi connectivity index (χ4n) is 5.55. The first kappa shape index (κ1) is 30.7. The summed E-state index contributed by atoms with van der Waals surface area (Å²) in [6.45, 7) is 6.78. The van der Waals surface area contributed by atoms with Crippen molar-refractivity contribution < 1.29 is 14.7 Å². The molecule has 4 heteroatoms. The second kappa shape index (κ2) is 16.3. The van der Waals surface area contributed by atoms with Crippen molar-refractivity contribution in [2.45, 2.75) is 117 Å². The molecule has 1 atom stereocenters. The highest BCUT2D eigenvalue weighted by Crippen LogP contribution is 2.39. The molecule has 1 N–H and O–H groups in total. The molecule has 1 aliphatic heterocycles. The standard InChI is InChI=1S/C35H49NO3/c1-4-5-6-7-8-9-10-11-12-13-14-15-16-17-26-36-32(29-22-18-27(2)19-23-29)31(34(38)35(36)39)33(37)30-24-20-28(3)21-25-30/h18-25,32,37H,4-17,26H2,1-3H3/b33-31+. The van der Waals surface area contributed by atoms with Gasteiger partial charge in [-0.05, 0) is 25.8 Å². The van der Waals surface area contributed by atoms with Crippen molar-refractivity contribution in [3.63, 3.8) is 0 Å². The molecule has 1 saturated heterocycles. The highest BCUT2D eigenvalue weighted by molar-refractivity contribution is 6.46. The molecular weight excluding hydrogens is 482 g/mol. The summed E-state index contributed by atoms with van der Waals surface area (Å²) in [5.41, 5.74) is 3.80. The van der Waals surface area contributed by atoms with Crippen LogP contribution in [0.1, 0.15) is 125 Å². The Morgan fingerprint density at radius 1 is 0.667 bits per heavy atom. The molecule has 0 spiro atoms. The number of Topliss-reactive ketones (excluding diaryl/α,β-unsaturated/α-hetero) is 1. The molecule has 0 radical (unpaired) electrons. The third-order valence-corrected chi connectivity index (χ3v) is 8.01. The lowest BCUT2D eigenvalue weighted by atomic mass is 9.94. The highest BCUT2D eigenvalue weighted by Gasteiger charge is 2.45. The van der Waals surface area contributed by atoms with Gasteiger partial charge in [0.15, 0.2) is 0 Å². The molecule has 0 aliphatic carbocycles. The molecule has 4 nitrogen and oxygen atoms in total. The van der Waals surface area contributed by atoms with E-state index < -0.39 is 17.7 Å². The molecule has 39 heavy (non-hydrogen) atoms. The van der Waals surface area contributed by atoms with Gasteiger partial charge in [-0.3, -0.25) is 9.59 Å². The van der Waals surface area contributed by atoms with E-state index in [1.807, 2.05) is 50.2 Å². The molecular formula is C35H49NO3. The molecule has 2 aromatic carbocycles. The Balaban J connectivity index is 1.52. The number of rotatable bonds is 17. The third-order valence-electron chi connectivity index (χ3n) is 8.01. The predicted molar refractivity (Wildman–Crippen MR) is 162 cm³/mol. The van der Waals surface area contributed by atoms with Crippen LogP contribution in [-0.2, 0) is 9.59 Å². The maximum atomic E-state index is 13.2. The van der Waals surface area contributed by atoms with Gasteiger partial charge in [0.05, 0.1) is 11.6 Å². The molecule has 1 amide bonds. The molecule has 0 saturated carbocycles. The SMILES string of the molecule is CCCCCCCCCCCCCCCCN1C(=O)C(=O)/C(=C(/O)c2ccc(C)cc2)C1c1ccc(C)cc1. The number of benzene rings is 2. The number of aliphatic hydroxyl groups excluding tert-OH is 1. The van der Waals surface area contributed by atoms with E-state index in [2.05, 4.69) is 6.92 Å². The van der Waals surface area contributed by atoms with Gasteiger partial charge in [0.25, 0.3) is 11.7 Å². The number of aliphatic hydroxyl groups is 1. The van der Waals surface area contributed by atoms with Crippen molar-refractivity contribution in [2.75, 3.05) is 6.54 Å². The third kappa shape index (κ3) is 9.08. The van der Waals surface area contributed by atoms with Crippen molar-refractivity contribution in [3.05, 3.63) is 76.4 Å². The Bertz CT molecular complexity index is 1070. The number of unbranched alkanes of at least 4 members (excludes halogenated alkanes) is 13. The molecule has 0 aromatic heterocycles. The van der Waals surface area contributed by atoms with Crippen molar-refractivity contribution in [2.24, 2.45) is 0 Å². The van der Waals surface area contributed by atoms with Crippen LogP contribution in [0.5, 0.6) is 0 Å². The maximum Gasteiger partial charge on any atom is 0.295 e. The van der Waals surface area contributed by atoms with E-state index in [9.17, 15) is 14.7 Å². The van der Waals surface area contributed by atoms with Crippen LogP contribution in [0.15, 0.2) is 54.1 Å². The molecule has 1 unspecified atom stereocenters. The zero-order valence-electron chi connectivity index (χ0n) is 24.5. The minimum atomic E-state index is -0.594. The summed E-state index contributed by atoms with van der Waals surface area (Å²) >= 11 is 0. The summed E-state index contributed by atoms with van der Waals surface area (Å²) in [6.07, 6.45) is 17.8. The predicted octanol–water partition coefficient (Wildman–Crippen LogP) is 9.21. The van der Waals surface area contributed by atoms with Crippen LogP contribution in [0.25, 0.3) is 5.76 Å². The van der Waals surface area contributed by atoms with Crippen LogP contribution in [0.2, 0.25) is 0 Å². The number of aryl methyl sites for hydroxylation is 2. The number of nitrogens with zero attached hydrogens (tertiary/aromatic N) is 1. The molecule has 3 rings (SSSR count). The summed E-state index contributed by atoms with van der Waals surface area (Å²) in [5.74, 6) is -1.20. The van der Waals surface area contributed by atoms with Gasteiger partial charge < -0.3 is 10.0 Å². The topological polar surface area (TPSA) is 57.6 Å². The molecule has 1 aliphatic rings. The fourth-order valence-corrected chi connectivity index (χ4v) is 5.55. The molecule has 0 bridgehead atoms. The molecule has 212 valence electrons. The Labute approximate surface area is 236 Å². The first-order valence-electron chi connectivity index (χ1n) is 15.4. The Morgan fingerprint density at radius 3 is 1.59 bits per heavy atom. The van der Waals surface area contributed by atoms with Crippen LogP contribution in [0.4, 0.5) is 0 Å². The minimum absolute atomic E-state index is 0.0950. The van der Waals surface area contributed by atoms with Crippen LogP contribution >= 0.6 is 0 Å². The first-order valence-corrected chi connectivity index (χ1v) is 15.4. The lowest BCUT2D eigenvalue weighted by Gasteiger charge is -2.25. The van der Waals surface area contributed by atoms with Gasteiger partial charge in [-0.25, -0.2) is 0 Å². The van der Waals surface area contributed by atoms with E-state index >= 15 is 0 Å². The smallest absolute Gasteiger partial charge is 0.295 e. The van der Waals surface area contributed by atoms with Gasteiger partial charge >= 0.3 is 0 Å². The largest absolute Gasteiger partial charge is 0.507 e. The zero-order valence-corrected chi connectivity index (χ0v) is 24.5. The van der Waals surface area contributed by atoms with Crippen LogP contribution in [0.3, 0.4) is 0 Å². The van der Waals surface area contributed by atoms with Crippen molar-refractivity contribution >= 4 is 17.4 Å². The monoisotopic (exact) mass is 531 g/mol. The highest BCUT2D eigenvalue weighted by atomic mass is 16.3. The van der Waals surface area contributed by atoms with E-state index in [-0.39, 0.29) is 11.3 Å². The second-order valence-corrected chi connectivity index (χ2v) is 11.4. The van der Waals surface area contributed by atoms with Crippen molar-refractivity contribution in [1.29, 1.82) is 0 Å². The normalized spacial score (nSPS) is 16.8. The summed E-state index contributed by atoms with van der Waals surface area (Å²) in [6, 6.07) is 14.8. The number of carbonyl (C=O) groups excluding carboxylic acids is 2. The van der Waals surface area contributed by atoms with Gasteiger partial charge in [0, 0.05) is 12.1 Å². The number of hydrogen-bond donors (Lipinski definition) is 1. The van der Waals surface area contributed by atoms with Gasteiger partial charge in [-0.2, -0.15) is 0 Å². The van der Waals surface area contributed by atoms with E-state index in [1.165, 1.54) is 70.6 Å². The van der Waals surface area contributed by atoms with E-state index in [0.29, 0.717) is 12.1 Å². The first-order chi connectivity index (χ1) is 18.9. The van der Waals surface area contributed by atoms with Gasteiger partial charge in [-0.1, -0.05) is 150 Å². The number of hydrogen-bond acceptors (Lipinski definition) is 3. The van der Waals surface area contributed by atoms with Gasteiger partial charge in [-0.15, -0.1) is 0 Å². The summed E-state index contributed by atoms with van der Waals surface area (Å²) < 4.78 is 0. The molecule has 1 fully saturated rings. The maximum absolute atomic E-state index is 13.2. The van der Waals surface area contributed by atoms with E-state index in [4.69, 9.17) is 0 Å². The Morgan fingerprint density at radius 2 is 1.10 bits per heavy atom. The van der Waals surface area contributed by atoms with Crippen molar-refractivity contribution in [3.8, 4) is 0 Å². The number of ketones is 1. The average molecular weight is 532 g/mol. The van der Waals surface area contributed by atoms with Gasteiger partial charge in [0.1, 0.15) is 5.76 Å². The molecule has 1 heterocycles. The lowest BCUT2D eigenvalue weighted by Crippen LogP contribution is -2.30. The van der Waals surface area contributed by atoms with Gasteiger partial charge in [0.2, 0.25) is 0 Å². The minimum Gasteiger partial charge on any atom is -0.507 e.